The molecule has 2 aliphatic heterocycles. The molecule has 3 rings (SSSR count). The average Bonchev–Trinajstić information content (AvgIpc) is 2.58. The van der Waals surface area contributed by atoms with Crippen molar-refractivity contribution >= 4 is 29.1 Å². The van der Waals surface area contributed by atoms with Gasteiger partial charge in [-0.1, -0.05) is 11.6 Å². The van der Waals surface area contributed by atoms with Crippen LogP contribution >= 0.6 is 11.6 Å². The van der Waals surface area contributed by atoms with Gasteiger partial charge in [0, 0.05) is 36.9 Å². The average molecular weight is 338 g/mol. The Bertz CT molecular complexity index is 570. The van der Waals surface area contributed by atoms with Gasteiger partial charge in [-0.2, -0.15) is 0 Å². The summed E-state index contributed by atoms with van der Waals surface area (Å²) in [6.45, 7) is 4.50. The SMILES string of the molecule is O=C1NCC[NH2+][C@H]1CC(=O)N1CCN(c2ccc(Cl)cc2)CC1. The molecule has 0 aliphatic carbocycles. The highest BCUT2D eigenvalue weighted by molar-refractivity contribution is 6.30. The van der Waals surface area contributed by atoms with Gasteiger partial charge in [0.2, 0.25) is 5.91 Å². The van der Waals surface area contributed by atoms with Gasteiger partial charge in [0.25, 0.3) is 5.91 Å². The first kappa shape index (κ1) is 16.1. The number of benzene rings is 1. The zero-order valence-electron chi connectivity index (χ0n) is 13.0. The molecular formula is C16H22ClN4O2+. The first-order valence-electron chi connectivity index (χ1n) is 8.03. The molecule has 2 fully saturated rings. The molecule has 7 heteroatoms. The number of amides is 2. The Morgan fingerprint density at radius 3 is 2.57 bits per heavy atom. The Balaban J connectivity index is 1.51. The molecule has 6 nitrogen and oxygen atoms in total. The van der Waals surface area contributed by atoms with Crippen molar-refractivity contribution in [3.63, 3.8) is 0 Å². The third-order valence-electron chi connectivity index (χ3n) is 4.45. The smallest absolute Gasteiger partial charge is 0.278 e. The summed E-state index contributed by atoms with van der Waals surface area (Å²) in [5.41, 5.74) is 1.13. The molecule has 0 aromatic heterocycles. The fourth-order valence-corrected chi connectivity index (χ4v) is 3.20. The van der Waals surface area contributed by atoms with Crippen molar-refractivity contribution < 1.29 is 14.9 Å². The maximum absolute atomic E-state index is 12.4. The van der Waals surface area contributed by atoms with Gasteiger partial charge in [0.1, 0.15) is 0 Å². The molecule has 2 saturated heterocycles. The van der Waals surface area contributed by atoms with E-state index in [-0.39, 0.29) is 24.3 Å². The predicted molar refractivity (Wildman–Crippen MR) is 88.5 cm³/mol. The van der Waals surface area contributed by atoms with Crippen LogP contribution in [0.5, 0.6) is 0 Å². The molecule has 1 aromatic rings. The van der Waals surface area contributed by atoms with E-state index >= 15 is 0 Å². The molecule has 0 bridgehead atoms. The zero-order valence-corrected chi connectivity index (χ0v) is 13.8. The quantitative estimate of drug-likeness (QED) is 0.777. The number of hydrogen-bond acceptors (Lipinski definition) is 3. The second kappa shape index (κ2) is 7.19. The number of nitrogens with two attached hydrogens (primary N) is 1. The van der Waals surface area contributed by atoms with E-state index in [0.717, 1.165) is 30.3 Å². The van der Waals surface area contributed by atoms with Crippen LogP contribution in [-0.2, 0) is 9.59 Å². The molecule has 0 radical (unpaired) electrons. The highest BCUT2D eigenvalue weighted by atomic mass is 35.5. The molecule has 0 saturated carbocycles. The Kier molecular flexibility index (Phi) is 5.03. The van der Waals surface area contributed by atoms with Crippen LogP contribution in [0.2, 0.25) is 5.02 Å². The van der Waals surface area contributed by atoms with Crippen molar-refractivity contribution in [2.24, 2.45) is 0 Å². The number of quaternary nitrogens is 1. The Labute approximate surface area is 140 Å². The van der Waals surface area contributed by atoms with Crippen molar-refractivity contribution in [1.29, 1.82) is 0 Å². The molecule has 3 N–H and O–H groups in total. The van der Waals surface area contributed by atoms with Crippen molar-refractivity contribution in [1.82, 2.24) is 10.2 Å². The summed E-state index contributed by atoms with van der Waals surface area (Å²) in [6, 6.07) is 7.49. The van der Waals surface area contributed by atoms with Gasteiger partial charge >= 0.3 is 0 Å². The van der Waals surface area contributed by atoms with Gasteiger partial charge in [-0.25, -0.2) is 0 Å². The zero-order chi connectivity index (χ0) is 16.2. The topological polar surface area (TPSA) is 69.3 Å². The minimum absolute atomic E-state index is 0.0237. The van der Waals surface area contributed by atoms with Crippen LogP contribution in [0.25, 0.3) is 0 Å². The third-order valence-corrected chi connectivity index (χ3v) is 4.70. The Morgan fingerprint density at radius 2 is 1.91 bits per heavy atom. The first-order valence-corrected chi connectivity index (χ1v) is 8.40. The fourth-order valence-electron chi connectivity index (χ4n) is 3.08. The Morgan fingerprint density at radius 1 is 1.22 bits per heavy atom. The molecule has 1 atom stereocenters. The second-order valence-electron chi connectivity index (χ2n) is 5.97. The predicted octanol–water partition coefficient (Wildman–Crippen LogP) is -0.559. The summed E-state index contributed by atoms with van der Waals surface area (Å²) in [5.74, 6) is 0.0449. The molecule has 0 spiro atoms. The van der Waals surface area contributed by atoms with Crippen LogP contribution in [0.15, 0.2) is 24.3 Å². The van der Waals surface area contributed by atoms with E-state index in [0.29, 0.717) is 19.6 Å². The summed E-state index contributed by atoms with van der Waals surface area (Å²) in [4.78, 5) is 28.2. The largest absolute Gasteiger partial charge is 0.368 e. The molecule has 2 amide bonds. The van der Waals surface area contributed by atoms with Gasteiger partial charge in [-0.15, -0.1) is 0 Å². The molecule has 2 aliphatic rings. The van der Waals surface area contributed by atoms with Crippen LogP contribution in [0.4, 0.5) is 5.69 Å². The minimum atomic E-state index is -0.273. The maximum atomic E-state index is 12.4. The molecule has 0 unspecified atom stereocenters. The lowest BCUT2D eigenvalue weighted by Crippen LogP contribution is -2.96. The van der Waals surface area contributed by atoms with E-state index in [1.165, 1.54) is 0 Å². The maximum Gasteiger partial charge on any atom is 0.278 e. The summed E-state index contributed by atoms with van der Waals surface area (Å²) in [6.07, 6.45) is 0.285. The molecule has 1 aromatic carbocycles. The number of anilines is 1. The molecule has 23 heavy (non-hydrogen) atoms. The summed E-state index contributed by atoms with van der Waals surface area (Å²) >= 11 is 5.91. The number of hydrogen-bond donors (Lipinski definition) is 2. The number of nitrogens with zero attached hydrogens (tertiary/aromatic N) is 2. The number of carbonyl (C=O) groups is 2. The van der Waals surface area contributed by atoms with E-state index in [9.17, 15) is 9.59 Å². The number of halogens is 1. The minimum Gasteiger partial charge on any atom is -0.368 e. The van der Waals surface area contributed by atoms with E-state index in [1.807, 2.05) is 34.5 Å². The normalized spacial score (nSPS) is 22.0. The summed E-state index contributed by atoms with van der Waals surface area (Å²) < 4.78 is 0. The van der Waals surface area contributed by atoms with Gasteiger partial charge in [0.15, 0.2) is 6.04 Å². The van der Waals surface area contributed by atoms with E-state index in [1.54, 1.807) is 0 Å². The Hall–Kier alpha value is -1.79. The third kappa shape index (κ3) is 3.95. The standard InChI is InChI=1S/C16H21ClN4O2/c17-12-1-3-13(4-2-12)20-7-9-21(10-8-20)15(22)11-14-16(23)19-6-5-18-14/h1-4,14,18H,5-11H2,(H,19,23)/p+1/t14-/m0/s1. The van der Waals surface area contributed by atoms with Gasteiger partial charge in [-0.3, -0.25) is 9.59 Å². The molecular weight excluding hydrogens is 316 g/mol. The highest BCUT2D eigenvalue weighted by Crippen LogP contribution is 2.19. The van der Waals surface area contributed by atoms with Crippen molar-refractivity contribution in [2.75, 3.05) is 44.2 Å². The number of rotatable bonds is 3. The van der Waals surface area contributed by atoms with Crippen molar-refractivity contribution in [3.05, 3.63) is 29.3 Å². The van der Waals surface area contributed by atoms with E-state index in [2.05, 4.69) is 10.2 Å². The monoisotopic (exact) mass is 337 g/mol. The van der Waals surface area contributed by atoms with Crippen LogP contribution in [0.1, 0.15) is 6.42 Å². The van der Waals surface area contributed by atoms with Crippen molar-refractivity contribution in [3.8, 4) is 0 Å². The van der Waals surface area contributed by atoms with Gasteiger partial charge < -0.3 is 20.4 Å². The second-order valence-corrected chi connectivity index (χ2v) is 6.41. The van der Waals surface area contributed by atoms with Crippen LogP contribution in [-0.4, -0.2) is 62.0 Å². The highest BCUT2D eigenvalue weighted by Gasteiger charge is 2.31. The number of piperazine rings is 2. The van der Waals surface area contributed by atoms with Crippen LogP contribution < -0.4 is 15.5 Å². The fraction of sp³-hybridized carbons (Fsp3) is 0.500. The molecule has 124 valence electrons. The summed E-state index contributed by atoms with van der Waals surface area (Å²) in [7, 11) is 0. The van der Waals surface area contributed by atoms with Crippen molar-refractivity contribution in [2.45, 2.75) is 12.5 Å². The van der Waals surface area contributed by atoms with E-state index < -0.39 is 0 Å². The lowest BCUT2D eigenvalue weighted by atomic mass is 10.1. The van der Waals surface area contributed by atoms with Crippen LogP contribution in [0, 0.1) is 0 Å². The molecule has 2 heterocycles. The van der Waals surface area contributed by atoms with Gasteiger partial charge in [-0.05, 0) is 24.3 Å². The number of carbonyl (C=O) groups excluding carboxylic acids is 2. The lowest BCUT2D eigenvalue weighted by Gasteiger charge is -2.36. The number of nitrogens with one attached hydrogen (secondary N) is 1. The van der Waals surface area contributed by atoms with E-state index in [4.69, 9.17) is 11.6 Å². The van der Waals surface area contributed by atoms with Gasteiger partial charge in [0.05, 0.1) is 19.5 Å². The first-order chi connectivity index (χ1) is 11.1. The lowest BCUT2D eigenvalue weighted by molar-refractivity contribution is -0.678. The van der Waals surface area contributed by atoms with Crippen LogP contribution in [0.3, 0.4) is 0 Å². The summed E-state index contributed by atoms with van der Waals surface area (Å²) in [5, 5.41) is 5.50.